The van der Waals surface area contributed by atoms with Crippen molar-refractivity contribution in [3.63, 3.8) is 0 Å². The van der Waals surface area contributed by atoms with Crippen molar-refractivity contribution >= 4 is 11.6 Å². The Bertz CT molecular complexity index is 364. The summed E-state index contributed by atoms with van der Waals surface area (Å²) in [5.74, 6) is -0.441. The van der Waals surface area contributed by atoms with E-state index in [1.165, 1.54) is 12.1 Å². The number of halogens is 4. The van der Waals surface area contributed by atoms with Gasteiger partial charge in [0.25, 0.3) is 0 Å². The lowest BCUT2D eigenvalue weighted by Crippen LogP contribution is -2.17. The average Bonchev–Trinajstić information content (AvgIpc) is 2.06. The summed E-state index contributed by atoms with van der Waals surface area (Å²) < 4.78 is 39.4. The van der Waals surface area contributed by atoms with E-state index in [0.29, 0.717) is 12.0 Å². The molecule has 0 saturated carbocycles. The number of hydrogen-bond acceptors (Lipinski definition) is 2. The highest BCUT2D eigenvalue weighted by Crippen LogP contribution is 2.30. The smallest absolute Gasteiger partial charge is 0.404 e. The molecule has 16 heavy (non-hydrogen) atoms. The summed E-state index contributed by atoms with van der Waals surface area (Å²) in [6.07, 6.45) is -5.01. The first-order chi connectivity index (χ1) is 7.28. The van der Waals surface area contributed by atoms with Gasteiger partial charge < -0.3 is 9.84 Å². The number of rotatable bonds is 3. The minimum atomic E-state index is -4.75. The van der Waals surface area contributed by atoms with Gasteiger partial charge in [-0.25, -0.2) is 0 Å². The molecule has 1 unspecified atom stereocenters. The summed E-state index contributed by atoms with van der Waals surface area (Å²) in [6, 6.07) is 3.91. The van der Waals surface area contributed by atoms with Crippen LogP contribution in [0.2, 0.25) is 5.02 Å². The Labute approximate surface area is 95.6 Å². The normalized spacial score (nSPS) is 13.6. The molecule has 0 aliphatic rings. The van der Waals surface area contributed by atoms with Crippen molar-refractivity contribution in [3.8, 4) is 5.75 Å². The van der Waals surface area contributed by atoms with Crippen LogP contribution in [0.5, 0.6) is 5.75 Å². The van der Waals surface area contributed by atoms with Crippen LogP contribution in [0.3, 0.4) is 0 Å². The third kappa shape index (κ3) is 4.28. The molecule has 1 atom stereocenters. The van der Waals surface area contributed by atoms with Crippen LogP contribution in [0.25, 0.3) is 0 Å². The first kappa shape index (κ1) is 13.1. The van der Waals surface area contributed by atoms with E-state index in [-0.39, 0.29) is 5.02 Å². The Hall–Kier alpha value is -0.940. The van der Waals surface area contributed by atoms with Crippen LogP contribution in [0, 0.1) is 0 Å². The fourth-order valence-corrected chi connectivity index (χ4v) is 1.46. The molecule has 0 saturated heterocycles. The summed E-state index contributed by atoms with van der Waals surface area (Å²) >= 11 is 5.61. The van der Waals surface area contributed by atoms with Crippen LogP contribution < -0.4 is 4.74 Å². The average molecular weight is 255 g/mol. The Balaban J connectivity index is 2.83. The molecule has 0 spiro atoms. The maximum Gasteiger partial charge on any atom is 0.573 e. The molecule has 0 amide bonds. The highest BCUT2D eigenvalue weighted by molar-refractivity contribution is 6.32. The second-order valence-corrected chi connectivity index (χ2v) is 3.77. The maximum absolute atomic E-state index is 11.9. The van der Waals surface area contributed by atoms with Crippen LogP contribution in [0.15, 0.2) is 18.2 Å². The summed E-state index contributed by atoms with van der Waals surface area (Å²) in [6.45, 7) is 1.58. The third-order valence-corrected chi connectivity index (χ3v) is 2.05. The van der Waals surface area contributed by atoms with Crippen LogP contribution in [0.4, 0.5) is 13.2 Å². The molecule has 0 heterocycles. The second kappa shape index (κ2) is 4.93. The van der Waals surface area contributed by atoms with Crippen molar-refractivity contribution in [3.05, 3.63) is 28.8 Å². The molecule has 6 heteroatoms. The van der Waals surface area contributed by atoms with Gasteiger partial charge in [0.05, 0.1) is 11.1 Å². The number of hydrogen-bond donors (Lipinski definition) is 1. The lowest BCUT2D eigenvalue weighted by molar-refractivity contribution is -0.274. The highest BCUT2D eigenvalue weighted by atomic mass is 35.5. The van der Waals surface area contributed by atoms with Gasteiger partial charge in [0.2, 0.25) is 0 Å². The number of aliphatic hydroxyl groups excluding tert-OH is 1. The van der Waals surface area contributed by atoms with Crippen molar-refractivity contribution in [2.45, 2.75) is 25.8 Å². The molecular weight excluding hydrogens is 245 g/mol. The van der Waals surface area contributed by atoms with E-state index in [0.717, 1.165) is 6.07 Å². The molecule has 0 fully saturated rings. The SMILES string of the molecule is CC(O)Cc1ccc(OC(F)(F)F)c(Cl)c1. The molecule has 0 aliphatic heterocycles. The predicted molar refractivity (Wildman–Crippen MR) is 53.5 cm³/mol. The first-order valence-corrected chi connectivity index (χ1v) is 4.88. The number of alkyl halides is 3. The van der Waals surface area contributed by atoms with Crippen LogP contribution in [0.1, 0.15) is 12.5 Å². The van der Waals surface area contributed by atoms with Gasteiger partial charge in [-0.2, -0.15) is 0 Å². The van der Waals surface area contributed by atoms with E-state index in [9.17, 15) is 13.2 Å². The third-order valence-electron chi connectivity index (χ3n) is 1.75. The molecule has 1 rings (SSSR count). The topological polar surface area (TPSA) is 29.5 Å². The number of benzene rings is 1. The Kier molecular flexibility index (Phi) is 4.04. The maximum atomic E-state index is 11.9. The zero-order chi connectivity index (χ0) is 12.3. The Morgan fingerprint density at radius 2 is 2.06 bits per heavy atom. The summed E-state index contributed by atoms with van der Waals surface area (Å²) in [5, 5.41) is 8.97. The van der Waals surface area contributed by atoms with Gasteiger partial charge in [0.1, 0.15) is 5.75 Å². The van der Waals surface area contributed by atoms with Gasteiger partial charge in [0.15, 0.2) is 0 Å². The van der Waals surface area contributed by atoms with Gasteiger partial charge in [-0.05, 0) is 31.0 Å². The summed E-state index contributed by atoms with van der Waals surface area (Å²) in [5.41, 5.74) is 0.648. The molecule has 1 aromatic rings. The van der Waals surface area contributed by atoms with Crippen LogP contribution in [-0.4, -0.2) is 17.6 Å². The van der Waals surface area contributed by atoms with Crippen molar-refractivity contribution in [1.82, 2.24) is 0 Å². The van der Waals surface area contributed by atoms with Crippen molar-refractivity contribution in [2.24, 2.45) is 0 Å². The minimum Gasteiger partial charge on any atom is -0.404 e. The van der Waals surface area contributed by atoms with Crippen molar-refractivity contribution in [2.75, 3.05) is 0 Å². The molecule has 0 aromatic heterocycles. The zero-order valence-electron chi connectivity index (χ0n) is 8.38. The van der Waals surface area contributed by atoms with E-state index in [1.807, 2.05) is 0 Å². The van der Waals surface area contributed by atoms with Crippen molar-refractivity contribution < 1.29 is 23.0 Å². The van der Waals surface area contributed by atoms with E-state index >= 15 is 0 Å². The molecule has 0 aliphatic carbocycles. The van der Waals surface area contributed by atoms with Crippen LogP contribution in [-0.2, 0) is 6.42 Å². The van der Waals surface area contributed by atoms with Gasteiger partial charge in [-0.1, -0.05) is 17.7 Å². The molecule has 0 radical (unpaired) electrons. The van der Waals surface area contributed by atoms with E-state index < -0.39 is 18.2 Å². The second-order valence-electron chi connectivity index (χ2n) is 3.37. The minimum absolute atomic E-state index is 0.129. The van der Waals surface area contributed by atoms with Gasteiger partial charge in [-0.15, -0.1) is 13.2 Å². The summed E-state index contributed by atoms with van der Waals surface area (Å²) in [4.78, 5) is 0. The fourth-order valence-electron chi connectivity index (χ4n) is 1.22. The van der Waals surface area contributed by atoms with Gasteiger partial charge in [-0.3, -0.25) is 0 Å². The van der Waals surface area contributed by atoms with E-state index in [4.69, 9.17) is 16.7 Å². The largest absolute Gasteiger partial charge is 0.573 e. The number of aliphatic hydroxyl groups is 1. The van der Waals surface area contributed by atoms with Gasteiger partial charge in [0, 0.05) is 0 Å². The van der Waals surface area contributed by atoms with Crippen molar-refractivity contribution in [1.29, 1.82) is 0 Å². The first-order valence-electron chi connectivity index (χ1n) is 4.50. The van der Waals surface area contributed by atoms with E-state index in [1.54, 1.807) is 6.92 Å². The number of ether oxygens (including phenoxy) is 1. The standard InChI is InChI=1S/C10H10ClF3O2/c1-6(15)4-7-2-3-9(8(11)5-7)16-10(12,13)14/h2-3,5-6,15H,4H2,1H3. The summed E-state index contributed by atoms with van der Waals surface area (Å²) in [7, 11) is 0. The molecule has 1 N–H and O–H groups in total. The van der Waals surface area contributed by atoms with E-state index in [2.05, 4.69) is 4.74 Å². The predicted octanol–water partition coefficient (Wildman–Crippen LogP) is 3.16. The molecule has 2 nitrogen and oxygen atoms in total. The fraction of sp³-hybridized carbons (Fsp3) is 0.400. The molecule has 0 bridgehead atoms. The molecule has 90 valence electrons. The lowest BCUT2D eigenvalue weighted by Gasteiger charge is -2.11. The van der Waals surface area contributed by atoms with Gasteiger partial charge >= 0.3 is 6.36 Å². The highest BCUT2D eigenvalue weighted by Gasteiger charge is 2.31. The molecule has 1 aromatic carbocycles. The Morgan fingerprint density at radius 1 is 1.44 bits per heavy atom. The van der Waals surface area contributed by atoms with Crippen LogP contribution >= 0.6 is 11.6 Å². The Morgan fingerprint density at radius 3 is 2.50 bits per heavy atom. The molecular formula is C10H10ClF3O2. The zero-order valence-corrected chi connectivity index (χ0v) is 9.14. The lowest BCUT2D eigenvalue weighted by atomic mass is 10.1. The monoisotopic (exact) mass is 254 g/mol. The quantitative estimate of drug-likeness (QED) is 0.898.